The van der Waals surface area contributed by atoms with Crippen molar-refractivity contribution in [3.8, 4) is 11.5 Å². The van der Waals surface area contributed by atoms with Crippen LogP contribution in [-0.2, 0) is 17.8 Å². The zero-order valence-electron chi connectivity index (χ0n) is 19.5. The molecule has 2 amide bonds. The van der Waals surface area contributed by atoms with E-state index >= 15 is 0 Å². The SMILES string of the molecule is COc1ccccc1CCC(=O)N1CCN(C(=O)c2ccc(OCc3ccccc3)cc2)CC1. The van der Waals surface area contributed by atoms with E-state index in [1.165, 1.54) is 0 Å². The number of carbonyl (C=O) groups excluding carboxylic acids is 2. The van der Waals surface area contributed by atoms with Gasteiger partial charge in [0.2, 0.25) is 5.91 Å². The highest BCUT2D eigenvalue weighted by Gasteiger charge is 2.24. The summed E-state index contributed by atoms with van der Waals surface area (Å²) >= 11 is 0. The first kappa shape index (κ1) is 23.4. The van der Waals surface area contributed by atoms with Crippen LogP contribution in [0.1, 0.15) is 27.9 Å². The Labute approximate surface area is 200 Å². The van der Waals surface area contributed by atoms with Crippen LogP contribution in [0, 0.1) is 0 Å². The van der Waals surface area contributed by atoms with Crippen molar-refractivity contribution in [1.29, 1.82) is 0 Å². The standard InChI is InChI=1S/C28H30N2O4/c1-33-26-10-6-5-9-23(26)13-16-27(31)29-17-19-30(20-18-29)28(32)24-11-14-25(15-12-24)34-21-22-7-3-2-4-8-22/h2-12,14-15H,13,16-21H2,1H3. The van der Waals surface area contributed by atoms with E-state index in [0.717, 1.165) is 22.6 Å². The first-order chi connectivity index (χ1) is 16.6. The van der Waals surface area contributed by atoms with Gasteiger partial charge in [-0.25, -0.2) is 0 Å². The Morgan fingerprint density at radius 1 is 0.794 bits per heavy atom. The Kier molecular flexibility index (Phi) is 7.81. The summed E-state index contributed by atoms with van der Waals surface area (Å²) in [5.74, 6) is 1.63. The van der Waals surface area contributed by atoms with Crippen LogP contribution < -0.4 is 9.47 Å². The average Bonchev–Trinajstić information content (AvgIpc) is 2.91. The second-order valence-corrected chi connectivity index (χ2v) is 8.28. The maximum absolute atomic E-state index is 12.9. The Morgan fingerprint density at radius 2 is 1.44 bits per heavy atom. The number of piperazine rings is 1. The monoisotopic (exact) mass is 458 g/mol. The lowest BCUT2D eigenvalue weighted by atomic mass is 10.1. The number of aryl methyl sites for hydroxylation is 1. The third kappa shape index (κ3) is 5.95. The molecule has 0 bridgehead atoms. The van der Waals surface area contributed by atoms with Crippen LogP contribution >= 0.6 is 0 Å². The molecule has 1 saturated heterocycles. The highest BCUT2D eigenvalue weighted by atomic mass is 16.5. The number of benzene rings is 3. The molecule has 0 unspecified atom stereocenters. The largest absolute Gasteiger partial charge is 0.496 e. The maximum Gasteiger partial charge on any atom is 0.253 e. The lowest BCUT2D eigenvalue weighted by Crippen LogP contribution is -2.50. The summed E-state index contributed by atoms with van der Waals surface area (Å²) in [4.78, 5) is 29.3. The van der Waals surface area contributed by atoms with Gasteiger partial charge in [0.05, 0.1) is 7.11 Å². The maximum atomic E-state index is 12.9. The van der Waals surface area contributed by atoms with Crippen LogP contribution in [0.3, 0.4) is 0 Å². The summed E-state index contributed by atoms with van der Waals surface area (Å²) in [6, 6.07) is 25.0. The van der Waals surface area contributed by atoms with Crippen LogP contribution in [-0.4, -0.2) is 54.9 Å². The second kappa shape index (κ2) is 11.4. The number of ether oxygens (including phenoxy) is 2. The van der Waals surface area contributed by atoms with Gasteiger partial charge >= 0.3 is 0 Å². The van der Waals surface area contributed by atoms with E-state index in [9.17, 15) is 9.59 Å². The van der Waals surface area contributed by atoms with Crippen LogP contribution in [0.5, 0.6) is 11.5 Å². The number of carbonyl (C=O) groups is 2. The number of nitrogens with zero attached hydrogens (tertiary/aromatic N) is 2. The molecule has 0 aromatic heterocycles. The molecule has 0 aliphatic carbocycles. The predicted molar refractivity (Wildman–Crippen MR) is 131 cm³/mol. The second-order valence-electron chi connectivity index (χ2n) is 8.28. The molecular formula is C28H30N2O4. The zero-order chi connectivity index (χ0) is 23.8. The van der Waals surface area contributed by atoms with Gasteiger partial charge in [-0.15, -0.1) is 0 Å². The van der Waals surface area contributed by atoms with E-state index in [1.807, 2.05) is 76.5 Å². The van der Waals surface area contributed by atoms with Gasteiger partial charge < -0.3 is 19.3 Å². The summed E-state index contributed by atoms with van der Waals surface area (Å²) in [5.41, 5.74) is 2.75. The van der Waals surface area contributed by atoms with Crippen LogP contribution in [0.4, 0.5) is 0 Å². The molecule has 6 nitrogen and oxygen atoms in total. The Hall–Kier alpha value is -3.80. The fourth-order valence-electron chi connectivity index (χ4n) is 4.09. The summed E-state index contributed by atoms with van der Waals surface area (Å²) < 4.78 is 11.2. The van der Waals surface area contributed by atoms with Crippen molar-refractivity contribution >= 4 is 11.8 Å². The predicted octanol–water partition coefficient (Wildman–Crippen LogP) is 4.19. The molecular weight excluding hydrogens is 428 g/mol. The lowest BCUT2D eigenvalue weighted by molar-refractivity contribution is -0.132. The van der Waals surface area contributed by atoms with Gasteiger partial charge in [0.1, 0.15) is 18.1 Å². The number of hydrogen-bond donors (Lipinski definition) is 0. The molecule has 0 N–H and O–H groups in total. The van der Waals surface area contributed by atoms with Crippen molar-refractivity contribution in [2.45, 2.75) is 19.4 Å². The molecule has 6 heteroatoms. The smallest absolute Gasteiger partial charge is 0.253 e. The fraction of sp³-hybridized carbons (Fsp3) is 0.286. The first-order valence-corrected chi connectivity index (χ1v) is 11.6. The van der Waals surface area contributed by atoms with Gasteiger partial charge in [0, 0.05) is 38.2 Å². The molecule has 0 radical (unpaired) electrons. The molecule has 1 fully saturated rings. The van der Waals surface area contributed by atoms with Crippen molar-refractivity contribution < 1.29 is 19.1 Å². The van der Waals surface area contributed by atoms with Crippen LogP contribution in [0.15, 0.2) is 78.9 Å². The molecule has 176 valence electrons. The zero-order valence-corrected chi connectivity index (χ0v) is 19.5. The summed E-state index contributed by atoms with van der Waals surface area (Å²) in [6.45, 7) is 2.65. The lowest BCUT2D eigenvalue weighted by Gasteiger charge is -2.35. The van der Waals surface area contributed by atoms with Crippen molar-refractivity contribution in [1.82, 2.24) is 9.80 Å². The number of methoxy groups -OCH3 is 1. The third-order valence-electron chi connectivity index (χ3n) is 6.07. The van der Waals surface area contributed by atoms with E-state index in [4.69, 9.17) is 9.47 Å². The minimum absolute atomic E-state index is 0.0178. The minimum atomic E-state index is -0.0178. The van der Waals surface area contributed by atoms with E-state index in [1.54, 1.807) is 19.2 Å². The molecule has 4 rings (SSSR count). The topological polar surface area (TPSA) is 59.1 Å². The van der Waals surface area contributed by atoms with Gasteiger partial charge in [-0.1, -0.05) is 48.5 Å². The number of hydrogen-bond acceptors (Lipinski definition) is 4. The first-order valence-electron chi connectivity index (χ1n) is 11.6. The van der Waals surface area contributed by atoms with Crippen molar-refractivity contribution in [3.63, 3.8) is 0 Å². The molecule has 1 aliphatic rings. The third-order valence-corrected chi connectivity index (χ3v) is 6.07. The minimum Gasteiger partial charge on any atom is -0.496 e. The van der Waals surface area contributed by atoms with Gasteiger partial charge in [-0.2, -0.15) is 0 Å². The van der Waals surface area contributed by atoms with Crippen molar-refractivity contribution in [3.05, 3.63) is 95.6 Å². The van der Waals surface area contributed by atoms with E-state index in [-0.39, 0.29) is 11.8 Å². The molecule has 1 heterocycles. The average molecular weight is 459 g/mol. The number of amides is 2. The molecule has 0 saturated carbocycles. The molecule has 1 aliphatic heterocycles. The van der Waals surface area contributed by atoms with E-state index < -0.39 is 0 Å². The molecule has 0 spiro atoms. The van der Waals surface area contributed by atoms with Crippen LogP contribution in [0.2, 0.25) is 0 Å². The normalized spacial score (nSPS) is 13.4. The Bertz CT molecular complexity index is 1090. The quantitative estimate of drug-likeness (QED) is 0.508. The molecule has 3 aromatic carbocycles. The van der Waals surface area contributed by atoms with Gasteiger partial charge in [0.25, 0.3) is 5.91 Å². The molecule has 3 aromatic rings. The summed E-state index contributed by atoms with van der Waals surface area (Å²) in [5, 5.41) is 0. The summed E-state index contributed by atoms with van der Waals surface area (Å²) in [7, 11) is 1.64. The Morgan fingerprint density at radius 3 is 2.15 bits per heavy atom. The van der Waals surface area contributed by atoms with Gasteiger partial charge in [0.15, 0.2) is 0 Å². The van der Waals surface area contributed by atoms with E-state index in [2.05, 4.69) is 0 Å². The molecule has 34 heavy (non-hydrogen) atoms. The van der Waals surface area contributed by atoms with Crippen LogP contribution in [0.25, 0.3) is 0 Å². The highest BCUT2D eigenvalue weighted by Crippen LogP contribution is 2.20. The van der Waals surface area contributed by atoms with Crippen molar-refractivity contribution in [2.75, 3.05) is 33.3 Å². The van der Waals surface area contributed by atoms with E-state index in [0.29, 0.717) is 51.2 Å². The highest BCUT2D eigenvalue weighted by molar-refractivity contribution is 5.94. The van der Waals surface area contributed by atoms with Gasteiger partial charge in [-0.3, -0.25) is 9.59 Å². The number of rotatable bonds is 8. The van der Waals surface area contributed by atoms with Gasteiger partial charge in [-0.05, 0) is 47.9 Å². The number of para-hydroxylation sites is 1. The fourth-order valence-corrected chi connectivity index (χ4v) is 4.09. The Balaban J connectivity index is 1.24. The summed E-state index contributed by atoms with van der Waals surface area (Å²) in [6.07, 6.45) is 1.07. The van der Waals surface area contributed by atoms with Crippen molar-refractivity contribution in [2.24, 2.45) is 0 Å². The molecule has 0 atom stereocenters.